The molecule has 2 rings (SSSR count). The molecule has 1 fully saturated rings. The normalized spacial score (nSPS) is 21.9. The summed E-state index contributed by atoms with van der Waals surface area (Å²) in [5, 5.41) is 2.50. The number of carbonyl (C=O) groups excluding carboxylic acids is 2. The first kappa shape index (κ1) is 17.3. The van der Waals surface area contributed by atoms with Gasteiger partial charge < -0.3 is 14.8 Å². The quantitative estimate of drug-likeness (QED) is 0.907. The molecule has 1 aliphatic rings. The van der Waals surface area contributed by atoms with Gasteiger partial charge in [0.15, 0.2) is 5.78 Å². The van der Waals surface area contributed by atoms with Gasteiger partial charge in [-0.15, -0.1) is 0 Å². The van der Waals surface area contributed by atoms with Crippen LogP contribution in [0.3, 0.4) is 0 Å². The molecule has 0 radical (unpaired) electrons. The van der Waals surface area contributed by atoms with E-state index in [1.165, 1.54) is 0 Å². The number of hydrogen-bond donors (Lipinski definition) is 1. The van der Waals surface area contributed by atoms with E-state index in [4.69, 9.17) is 9.47 Å². The molecule has 1 aliphatic heterocycles. The number of ketones is 1. The van der Waals surface area contributed by atoms with Crippen LogP contribution in [-0.2, 0) is 14.3 Å². The third-order valence-corrected chi connectivity index (χ3v) is 3.20. The Morgan fingerprint density at radius 1 is 1.35 bits per heavy atom. The minimum atomic E-state index is -0.962. The summed E-state index contributed by atoms with van der Waals surface area (Å²) in [5.74, 6) is -1.53. The van der Waals surface area contributed by atoms with E-state index in [9.17, 15) is 18.4 Å². The molecule has 126 valence electrons. The number of benzene rings is 1. The van der Waals surface area contributed by atoms with Gasteiger partial charge in [0, 0.05) is 12.0 Å². The number of ether oxygens (including phenoxy) is 2. The summed E-state index contributed by atoms with van der Waals surface area (Å²) in [6.07, 6.45) is -1.75. The largest absolute Gasteiger partial charge is 0.444 e. The summed E-state index contributed by atoms with van der Waals surface area (Å²) >= 11 is 0. The highest BCUT2D eigenvalue weighted by Crippen LogP contribution is 2.30. The van der Waals surface area contributed by atoms with Crippen molar-refractivity contribution in [3.63, 3.8) is 0 Å². The number of amides is 1. The smallest absolute Gasteiger partial charge is 0.407 e. The first-order chi connectivity index (χ1) is 10.7. The zero-order valence-corrected chi connectivity index (χ0v) is 13.2. The van der Waals surface area contributed by atoms with Gasteiger partial charge in [-0.3, -0.25) is 4.79 Å². The maximum absolute atomic E-state index is 14.0. The number of nitrogens with one attached hydrogen (secondary N) is 1. The molecule has 1 N–H and O–H groups in total. The lowest BCUT2D eigenvalue weighted by atomic mass is 9.95. The van der Waals surface area contributed by atoms with Crippen LogP contribution in [0.5, 0.6) is 0 Å². The zero-order valence-electron chi connectivity index (χ0n) is 13.2. The Hall–Kier alpha value is -2.02. The molecule has 1 saturated heterocycles. The van der Waals surface area contributed by atoms with Crippen molar-refractivity contribution in [3.8, 4) is 0 Å². The summed E-state index contributed by atoms with van der Waals surface area (Å²) in [6, 6.07) is 2.14. The van der Waals surface area contributed by atoms with Gasteiger partial charge in [-0.1, -0.05) is 0 Å². The first-order valence-electron chi connectivity index (χ1n) is 7.23. The van der Waals surface area contributed by atoms with Crippen LogP contribution < -0.4 is 5.32 Å². The fraction of sp³-hybridized carbons (Fsp3) is 0.500. The van der Waals surface area contributed by atoms with E-state index in [-0.39, 0.29) is 24.4 Å². The molecular formula is C16H19F2NO4. The second-order valence-corrected chi connectivity index (χ2v) is 6.39. The van der Waals surface area contributed by atoms with E-state index in [0.717, 1.165) is 18.2 Å². The Labute approximate surface area is 133 Å². The van der Waals surface area contributed by atoms with Gasteiger partial charge in [0.25, 0.3) is 0 Å². The van der Waals surface area contributed by atoms with Crippen LogP contribution in [0.25, 0.3) is 0 Å². The maximum atomic E-state index is 14.0. The molecule has 0 bridgehead atoms. The van der Waals surface area contributed by atoms with Crippen molar-refractivity contribution < 1.29 is 27.8 Å². The average molecular weight is 327 g/mol. The number of alkyl carbamates (subject to hydrolysis) is 1. The Morgan fingerprint density at radius 3 is 2.70 bits per heavy atom. The summed E-state index contributed by atoms with van der Waals surface area (Å²) in [4.78, 5) is 23.5. The molecule has 1 unspecified atom stereocenters. The van der Waals surface area contributed by atoms with Crippen molar-refractivity contribution in [1.29, 1.82) is 0 Å². The number of carbonyl (C=O) groups is 2. The topological polar surface area (TPSA) is 64.6 Å². The molecule has 2 atom stereocenters. The van der Waals surface area contributed by atoms with Gasteiger partial charge >= 0.3 is 6.09 Å². The van der Waals surface area contributed by atoms with Gasteiger partial charge in [-0.05, 0) is 39.0 Å². The number of Topliss-reactive ketones (excluding diaryl/α,β-unsaturated/α-hetero) is 1. The molecule has 0 aliphatic carbocycles. The molecule has 1 heterocycles. The molecule has 0 aromatic heterocycles. The predicted molar refractivity (Wildman–Crippen MR) is 77.8 cm³/mol. The maximum Gasteiger partial charge on any atom is 0.407 e. The van der Waals surface area contributed by atoms with Crippen LogP contribution in [0.15, 0.2) is 18.2 Å². The fourth-order valence-corrected chi connectivity index (χ4v) is 2.33. The van der Waals surface area contributed by atoms with E-state index in [1.807, 2.05) is 0 Å². The van der Waals surface area contributed by atoms with Crippen LogP contribution in [0.1, 0.15) is 38.9 Å². The summed E-state index contributed by atoms with van der Waals surface area (Å²) in [7, 11) is 0. The van der Waals surface area contributed by atoms with Crippen LogP contribution >= 0.6 is 0 Å². The monoisotopic (exact) mass is 327 g/mol. The van der Waals surface area contributed by atoms with E-state index in [1.54, 1.807) is 20.8 Å². The van der Waals surface area contributed by atoms with Crippen LogP contribution in [0.4, 0.5) is 13.6 Å². The van der Waals surface area contributed by atoms with Crippen LogP contribution in [-0.4, -0.2) is 30.1 Å². The van der Waals surface area contributed by atoms with Gasteiger partial charge in [0.1, 0.15) is 29.9 Å². The molecule has 1 aromatic carbocycles. The Morgan fingerprint density at radius 2 is 2.04 bits per heavy atom. The van der Waals surface area contributed by atoms with Crippen LogP contribution in [0, 0.1) is 11.6 Å². The number of hydrogen-bond acceptors (Lipinski definition) is 4. The molecule has 1 aromatic rings. The van der Waals surface area contributed by atoms with E-state index in [2.05, 4.69) is 5.32 Å². The van der Waals surface area contributed by atoms with Gasteiger partial charge in [-0.25, -0.2) is 13.6 Å². The summed E-state index contributed by atoms with van der Waals surface area (Å²) in [6.45, 7) is 4.86. The highest BCUT2D eigenvalue weighted by atomic mass is 19.1. The minimum absolute atomic E-state index is 0.0418. The van der Waals surface area contributed by atoms with E-state index in [0.29, 0.717) is 0 Å². The highest BCUT2D eigenvalue weighted by Gasteiger charge is 2.35. The van der Waals surface area contributed by atoms with Crippen LogP contribution in [0.2, 0.25) is 0 Å². The average Bonchev–Trinajstić information content (AvgIpc) is 2.40. The van der Waals surface area contributed by atoms with E-state index >= 15 is 0 Å². The molecule has 5 nitrogen and oxygen atoms in total. The fourth-order valence-electron chi connectivity index (χ4n) is 2.33. The SMILES string of the molecule is CC(C)(C)OC(=O)N[C@H]1CC(=O)COC1c1cc(F)ccc1F. The standard InChI is InChI=1S/C16H19F2NO4/c1-16(2,3)23-15(21)19-13-7-10(20)8-22-14(13)11-6-9(17)4-5-12(11)18/h4-6,13-14H,7-8H2,1-3H3,(H,19,21)/t13-,14?/m0/s1. The Balaban J connectivity index is 2.21. The van der Waals surface area contributed by atoms with Crippen molar-refractivity contribution >= 4 is 11.9 Å². The highest BCUT2D eigenvalue weighted by molar-refractivity contribution is 5.82. The lowest BCUT2D eigenvalue weighted by Gasteiger charge is -2.32. The molecule has 7 heteroatoms. The van der Waals surface area contributed by atoms with E-state index < -0.39 is 35.5 Å². The summed E-state index contributed by atoms with van der Waals surface area (Å²) in [5.41, 5.74) is -0.762. The third kappa shape index (κ3) is 4.72. The molecule has 1 amide bonds. The van der Waals surface area contributed by atoms with Crippen molar-refractivity contribution in [3.05, 3.63) is 35.4 Å². The van der Waals surface area contributed by atoms with Crippen molar-refractivity contribution in [1.82, 2.24) is 5.32 Å². The van der Waals surface area contributed by atoms with Gasteiger partial charge in [0.2, 0.25) is 0 Å². The Kier molecular flexibility index (Phi) is 4.99. The van der Waals surface area contributed by atoms with Gasteiger partial charge in [-0.2, -0.15) is 0 Å². The summed E-state index contributed by atoms with van der Waals surface area (Å²) < 4.78 is 37.8. The second kappa shape index (κ2) is 6.62. The zero-order chi connectivity index (χ0) is 17.2. The number of halogens is 2. The van der Waals surface area contributed by atoms with Crippen molar-refractivity contribution in [2.45, 2.75) is 44.9 Å². The lowest BCUT2D eigenvalue weighted by molar-refractivity contribution is -0.133. The molecule has 0 spiro atoms. The first-order valence-corrected chi connectivity index (χ1v) is 7.23. The molecular weight excluding hydrogens is 308 g/mol. The predicted octanol–water partition coefficient (Wildman–Crippen LogP) is 2.89. The van der Waals surface area contributed by atoms with Gasteiger partial charge in [0.05, 0.1) is 6.04 Å². The molecule has 23 heavy (non-hydrogen) atoms. The lowest BCUT2D eigenvalue weighted by Crippen LogP contribution is -2.47. The minimum Gasteiger partial charge on any atom is -0.444 e. The third-order valence-electron chi connectivity index (χ3n) is 3.20. The second-order valence-electron chi connectivity index (χ2n) is 6.39. The molecule has 0 saturated carbocycles. The number of rotatable bonds is 2. The Bertz CT molecular complexity index is 613. The van der Waals surface area contributed by atoms with Crippen molar-refractivity contribution in [2.75, 3.05) is 6.61 Å². The van der Waals surface area contributed by atoms with Crippen molar-refractivity contribution in [2.24, 2.45) is 0 Å².